The third kappa shape index (κ3) is 4.68. The van der Waals surface area contributed by atoms with Crippen molar-refractivity contribution < 1.29 is 14.3 Å². The summed E-state index contributed by atoms with van der Waals surface area (Å²) < 4.78 is 13.5. The van der Waals surface area contributed by atoms with Crippen LogP contribution in [0, 0.1) is 0 Å². The average molecular weight is 511 g/mol. The highest BCUT2D eigenvalue weighted by Crippen LogP contribution is 2.30. The van der Waals surface area contributed by atoms with Gasteiger partial charge in [-0.15, -0.1) is 10.2 Å². The molecule has 0 amide bonds. The molecule has 32 heavy (non-hydrogen) atoms. The van der Waals surface area contributed by atoms with Gasteiger partial charge < -0.3 is 9.47 Å². The molecule has 2 aromatic carbocycles. The molecule has 4 aromatic rings. The molecule has 0 spiro atoms. The van der Waals surface area contributed by atoms with Crippen LogP contribution in [0.25, 0.3) is 17.1 Å². The third-order valence-electron chi connectivity index (χ3n) is 4.70. The van der Waals surface area contributed by atoms with Crippen molar-refractivity contribution in [1.82, 2.24) is 19.7 Å². The van der Waals surface area contributed by atoms with E-state index >= 15 is 0 Å². The molecule has 0 N–H and O–H groups in total. The lowest BCUT2D eigenvalue weighted by Crippen LogP contribution is -2.07. The number of hydrogen-bond donors (Lipinski definition) is 0. The number of nitrogens with zero attached hydrogens (tertiary/aromatic N) is 4. The van der Waals surface area contributed by atoms with Crippen LogP contribution in [-0.4, -0.2) is 45.5 Å². The van der Waals surface area contributed by atoms with Crippen molar-refractivity contribution in [3.05, 3.63) is 77.0 Å². The zero-order valence-electron chi connectivity index (χ0n) is 17.4. The largest absolute Gasteiger partial charge is 0.497 e. The van der Waals surface area contributed by atoms with Gasteiger partial charge in [-0.2, -0.15) is 0 Å². The average Bonchev–Trinajstić information content (AvgIpc) is 3.27. The van der Waals surface area contributed by atoms with E-state index in [0.717, 1.165) is 15.7 Å². The Hall–Kier alpha value is -3.17. The maximum absolute atomic E-state index is 13.0. The quantitative estimate of drug-likeness (QED) is 0.241. The Morgan fingerprint density at radius 3 is 2.44 bits per heavy atom. The van der Waals surface area contributed by atoms with Crippen molar-refractivity contribution in [2.45, 2.75) is 5.16 Å². The van der Waals surface area contributed by atoms with Crippen molar-refractivity contribution in [2.24, 2.45) is 0 Å². The summed E-state index contributed by atoms with van der Waals surface area (Å²) in [6.45, 7) is 0. The van der Waals surface area contributed by atoms with Crippen LogP contribution in [0.5, 0.6) is 11.5 Å². The summed E-state index contributed by atoms with van der Waals surface area (Å²) in [7, 11) is 3.10. The Labute approximate surface area is 197 Å². The molecule has 0 radical (unpaired) electrons. The summed E-state index contributed by atoms with van der Waals surface area (Å²) in [5, 5.41) is 9.37. The van der Waals surface area contributed by atoms with E-state index in [1.165, 1.54) is 18.9 Å². The zero-order valence-corrected chi connectivity index (χ0v) is 19.8. The first-order chi connectivity index (χ1) is 15.6. The predicted molar refractivity (Wildman–Crippen MR) is 127 cm³/mol. The summed E-state index contributed by atoms with van der Waals surface area (Å²) >= 11 is 4.78. The molecule has 0 aliphatic heterocycles. The van der Waals surface area contributed by atoms with E-state index in [9.17, 15) is 4.79 Å². The standard InChI is InChI=1S/C23H19BrN4O3S/c1-30-18-7-8-21(31-2)19(13-18)20(29)14-32-23-27-26-22(15-9-11-25-12-10-15)28(23)17-5-3-16(24)4-6-17/h3-13H,14H2,1-2H3. The monoisotopic (exact) mass is 510 g/mol. The molecule has 4 rings (SSSR count). The fourth-order valence-electron chi connectivity index (χ4n) is 3.11. The van der Waals surface area contributed by atoms with E-state index in [4.69, 9.17) is 9.47 Å². The van der Waals surface area contributed by atoms with Crippen LogP contribution in [0.3, 0.4) is 0 Å². The van der Waals surface area contributed by atoms with E-state index in [-0.39, 0.29) is 11.5 Å². The SMILES string of the molecule is COc1ccc(OC)c(C(=O)CSc2nnc(-c3ccncc3)n2-c2ccc(Br)cc2)c1. The van der Waals surface area contributed by atoms with Crippen LogP contribution in [0.2, 0.25) is 0 Å². The van der Waals surface area contributed by atoms with E-state index in [1.54, 1.807) is 37.7 Å². The first-order valence-electron chi connectivity index (χ1n) is 9.60. The second-order valence-corrected chi connectivity index (χ2v) is 8.49. The summed E-state index contributed by atoms with van der Waals surface area (Å²) in [6.07, 6.45) is 3.42. The summed E-state index contributed by atoms with van der Waals surface area (Å²) in [6, 6.07) is 16.8. The molecule has 0 aliphatic rings. The number of Topliss-reactive ketones (excluding diaryl/α,β-unsaturated/α-hetero) is 1. The van der Waals surface area contributed by atoms with Gasteiger partial charge in [0.15, 0.2) is 16.8 Å². The molecule has 2 aromatic heterocycles. The van der Waals surface area contributed by atoms with Crippen molar-refractivity contribution in [3.63, 3.8) is 0 Å². The molecule has 0 saturated carbocycles. The highest BCUT2D eigenvalue weighted by molar-refractivity contribution is 9.10. The Kier molecular flexibility index (Phi) is 6.87. The molecule has 0 aliphatic carbocycles. The lowest BCUT2D eigenvalue weighted by Gasteiger charge is -2.11. The third-order valence-corrected chi connectivity index (χ3v) is 6.15. The van der Waals surface area contributed by atoms with Crippen LogP contribution in [-0.2, 0) is 0 Å². The number of ether oxygens (including phenoxy) is 2. The number of aromatic nitrogens is 4. The van der Waals surface area contributed by atoms with Crippen molar-refractivity contribution in [1.29, 1.82) is 0 Å². The Morgan fingerprint density at radius 2 is 1.75 bits per heavy atom. The van der Waals surface area contributed by atoms with E-state index < -0.39 is 0 Å². The zero-order chi connectivity index (χ0) is 22.5. The number of carbonyl (C=O) groups is 1. The van der Waals surface area contributed by atoms with Gasteiger partial charge in [0.1, 0.15) is 11.5 Å². The first-order valence-corrected chi connectivity index (χ1v) is 11.4. The molecule has 162 valence electrons. The maximum atomic E-state index is 13.0. The first kappa shape index (κ1) is 22.0. The van der Waals surface area contributed by atoms with Gasteiger partial charge in [-0.05, 0) is 54.6 Å². The van der Waals surface area contributed by atoms with Crippen LogP contribution in [0.4, 0.5) is 0 Å². The van der Waals surface area contributed by atoms with Gasteiger partial charge in [-0.1, -0.05) is 27.7 Å². The number of benzene rings is 2. The topological polar surface area (TPSA) is 79.1 Å². The molecule has 9 heteroatoms. The highest BCUT2D eigenvalue weighted by Gasteiger charge is 2.19. The molecular weight excluding hydrogens is 492 g/mol. The number of methoxy groups -OCH3 is 2. The molecule has 0 unspecified atom stereocenters. The summed E-state index contributed by atoms with van der Waals surface area (Å²) in [5.74, 6) is 1.83. The minimum Gasteiger partial charge on any atom is -0.497 e. The second-order valence-electron chi connectivity index (χ2n) is 6.63. The highest BCUT2D eigenvalue weighted by atomic mass is 79.9. The fraction of sp³-hybridized carbons (Fsp3) is 0.130. The second kappa shape index (κ2) is 9.97. The van der Waals surface area contributed by atoms with E-state index in [0.29, 0.717) is 28.0 Å². The van der Waals surface area contributed by atoms with Crippen molar-refractivity contribution in [3.8, 4) is 28.6 Å². The minimum absolute atomic E-state index is 0.0958. The molecule has 0 bridgehead atoms. The van der Waals surface area contributed by atoms with Gasteiger partial charge in [0.05, 0.1) is 25.5 Å². The number of pyridine rings is 1. The van der Waals surface area contributed by atoms with E-state index in [2.05, 4.69) is 31.1 Å². The predicted octanol–water partition coefficient (Wildman–Crippen LogP) is 5.08. The normalized spacial score (nSPS) is 10.7. The number of rotatable bonds is 8. The van der Waals surface area contributed by atoms with Crippen LogP contribution < -0.4 is 9.47 Å². The van der Waals surface area contributed by atoms with Crippen LogP contribution in [0.15, 0.2) is 76.6 Å². The lowest BCUT2D eigenvalue weighted by atomic mass is 10.1. The van der Waals surface area contributed by atoms with Crippen LogP contribution >= 0.6 is 27.7 Å². The molecular formula is C23H19BrN4O3S. The van der Waals surface area contributed by atoms with Crippen molar-refractivity contribution in [2.75, 3.05) is 20.0 Å². The van der Waals surface area contributed by atoms with E-state index in [1.807, 2.05) is 41.0 Å². The Balaban J connectivity index is 1.67. The van der Waals surface area contributed by atoms with Gasteiger partial charge in [0.25, 0.3) is 0 Å². The van der Waals surface area contributed by atoms with Gasteiger partial charge in [0.2, 0.25) is 0 Å². The van der Waals surface area contributed by atoms with Gasteiger partial charge in [-0.25, -0.2) is 0 Å². The number of ketones is 1. The summed E-state index contributed by atoms with van der Waals surface area (Å²) in [5.41, 5.74) is 2.23. The number of hydrogen-bond acceptors (Lipinski definition) is 7. The van der Waals surface area contributed by atoms with Crippen LogP contribution in [0.1, 0.15) is 10.4 Å². The summed E-state index contributed by atoms with van der Waals surface area (Å²) in [4.78, 5) is 17.1. The molecule has 0 saturated heterocycles. The Morgan fingerprint density at radius 1 is 1.00 bits per heavy atom. The lowest BCUT2D eigenvalue weighted by molar-refractivity contribution is 0.101. The fourth-order valence-corrected chi connectivity index (χ4v) is 4.21. The van der Waals surface area contributed by atoms with Gasteiger partial charge >= 0.3 is 0 Å². The number of halogens is 1. The molecule has 7 nitrogen and oxygen atoms in total. The minimum atomic E-state index is -0.0958. The van der Waals surface area contributed by atoms with Gasteiger partial charge in [-0.3, -0.25) is 14.3 Å². The number of thioether (sulfide) groups is 1. The number of carbonyl (C=O) groups excluding carboxylic acids is 1. The maximum Gasteiger partial charge on any atom is 0.196 e. The smallest absolute Gasteiger partial charge is 0.196 e. The van der Waals surface area contributed by atoms with Crippen molar-refractivity contribution >= 4 is 33.5 Å². The molecule has 0 fully saturated rings. The molecule has 2 heterocycles. The molecule has 0 atom stereocenters. The Bertz CT molecular complexity index is 1230. The van der Waals surface area contributed by atoms with Gasteiger partial charge in [0, 0.05) is 28.1 Å².